The number of hydrogen-bond donors (Lipinski definition) is 1. The van der Waals surface area contributed by atoms with Gasteiger partial charge in [-0.25, -0.2) is 0 Å². The van der Waals surface area contributed by atoms with E-state index in [1.807, 2.05) is 0 Å². The SMILES string of the molecule is CCCCCCCCCCCCC1CC1CN. The van der Waals surface area contributed by atoms with Crippen LogP contribution in [-0.2, 0) is 0 Å². The Bertz CT molecular complexity index is 167. The molecular weight excluding hydrogens is 206 g/mol. The van der Waals surface area contributed by atoms with Crippen LogP contribution in [0.1, 0.15) is 84.0 Å². The van der Waals surface area contributed by atoms with E-state index < -0.39 is 0 Å². The summed E-state index contributed by atoms with van der Waals surface area (Å²) in [4.78, 5) is 0. The quantitative estimate of drug-likeness (QED) is 0.482. The molecule has 0 spiro atoms. The minimum absolute atomic E-state index is 0.897. The number of hydrogen-bond acceptors (Lipinski definition) is 1. The normalized spacial score (nSPS) is 22.9. The predicted molar refractivity (Wildman–Crippen MR) is 77.1 cm³/mol. The van der Waals surface area contributed by atoms with Crippen molar-refractivity contribution in [1.29, 1.82) is 0 Å². The molecule has 0 aromatic heterocycles. The Morgan fingerprint density at radius 1 is 0.765 bits per heavy atom. The van der Waals surface area contributed by atoms with Crippen molar-refractivity contribution < 1.29 is 0 Å². The van der Waals surface area contributed by atoms with Crippen molar-refractivity contribution >= 4 is 0 Å². The zero-order chi connectivity index (χ0) is 12.3. The zero-order valence-corrected chi connectivity index (χ0v) is 11.9. The lowest BCUT2D eigenvalue weighted by atomic mass is 10.0. The fraction of sp³-hybridized carbons (Fsp3) is 1.00. The highest BCUT2D eigenvalue weighted by atomic mass is 14.6. The van der Waals surface area contributed by atoms with E-state index in [0.29, 0.717) is 0 Å². The predicted octanol–water partition coefficient (Wildman–Crippen LogP) is 4.89. The van der Waals surface area contributed by atoms with Crippen LogP contribution in [0.15, 0.2) is 0 Å². The summed E-state index contributed by atoms with van der Waals surface area (Å²) in [6, 6.07) is 0. The van der Waals surface area contributed by atoms with Gasteiger partial charge in [0.15, 0.2) is 0 Å². The summed E-state index contributed by atoms with van der Waals surface area (Å²) in [5.74, 6) is 1.91. The van der Waals surface area contributed by atoms with Gasteiger partial charge in [-0.05, 0) is 24.8 Å². The van der Waals surface area contributed by atoms with Crippen LogP contribution >= 0.6 is 0 Å². The van der Waals surface area contributed by atoms with Gasteiger partial charge in [0.2, 0.25) is 0 Å². The fourth-order valence-electron chi connectivity index (χ4n) is 2.85. The molecule has 1 saturated carbocycles. The van der Waals surface area contributed by atoms with Gasteiger partial charge in [-0.3, -0.25) is 0 Å². The van der Waals surface area contributed by atoms with E-state index in [-0.39, 0.29) is 0 Å². The van der Waals surface area contributed by atoms with Crippen LogP contribution in [0.2, 0.25) is 0 Å². The standard InChI is InChI=1S/C16H33N/c1-2-3-4-5-6-7-8-9-10-11-12-15-13-16(15)14-17/h15-16H,2-14,17H2,1H3. The van der Waals surface area contributed by atoms with E-state index in [1.165, 1.54) is 77.0 Å². The Morgan fingerprint density at radius 3 is 1.76 bits per heavy atom. The Kier molecular flexibility index (Phi) is 8.78. The van der Waals surface area contributed by atoms with Crippen molar-refractivity contribution in [3.05, 3.63) is 0 Å². The third-order valence-electron chi connectivity index (χ3n) is 4.30. The van der Waals surface area contributed by atoms with Gasteiger partial charge in [-0.1, -0.05) is 77.6 Å². The first-order valence-corrected chi connectivity index (χ1v) is 8.08. The maximum atomic E-state index is 5.64. The minimum Gasteiger partial charge on any atom is -0.330 e. The molecule has 0 radical (unpaired) electrons. The van der Waals surface area contributed by atoms with Gasteiger partial charge >= 0.3 is 0 Å². The van der Waals surface area contributed by atoms with Crippen LogP contribution < -0.4 is 5.73 Å². The van der Waals surface area contributed by atoms with Crippen LogP contribution in [0.4, 0.5) is 0 Å². The average molecular weight is 239 g/mol. The van der Waals surface area contributed by atoms with Gasteiger partial charge in [-0.15, -0.1) is 0 Å². The molecule has 0 aliphatic heterocycles. The zero-order valence-electron chi connectivity index (χ0n) is 11.9. The van der Waals surface area contributed by atoms with Crippen molar-refractivity contribution in [2.75, 3.05) is 6.54 Å². The molecule has 1 aliphatic carbocycles. The number of unbranched alkanes of at least 4 members (excludes halogenated alkanes) is 9. The van der Waals surface area contributed by atoms with Crippen molar-refractivity contribution in [3.8, 4) is 0 Å². The highest BCUT2D eigenvalue weighted by Gasteiger charge is 2.34. The second-order valence-corrected chi connectivity index (χ2v) is 5.96. The van der Waals surface area contributed by atoms with Gasteiger partial charge in [-0.2, -0.15) is 0 Å². The molecule has 2 N–H and O–H groups in total. The Labute approximate surface area is 109 Å². The molecule has 2 atom stereocenters. The van der Waals surface area contributed by atoms with E-state index in [4.69, 9.17) is 5.73 Å². The Balaban J connectivity index is 1.68. The summed E-state index contributed by atoms with van der Waals surface area (Å²) in [6.07, 6.45) is 17.4. The second kappa shape index (κ2) is 9.94. The van der Waals surface area contributed by atoms with E-state index in [2.05, 4.69) is 6.92 Å². The first-order chi connectivity index (χ1) is 8.38. The van der Waals surface area contributed by atoms with Crippen LogP contribution in [0.3, 0.4) is 0 Å². The summed E-state index contributed by atoms with van der Waals surface area (Å²) >= 11 is 0. The molecule has 1 nitrogen and oxygen atoms in total. The van der Waals surface area contributed by atoms with Crippen LogP contribution in [0.5, 0.6) is 0 Å². The van der Waals surface area contributed by atoms with Crippen molar-refractivity contribution in [3.63, 3.8) is 0 Å². The first kappa shape index (κ1) is 15.0. The minimum atomic E-state index is 0.897. The number of nitrogens with two attached hydrogens (primary N) is 1. The monoisotopic (exact) mass is 239 g/mol. The third kappa shape index (κ3) is 7.81. The summed E-state index contributed by atoms with van der Waals surface area (Å²) in [5, 5.41) is 0. The van der Waals surface area contributed by atoms with E-state index in [0.717, 1.165) is 18.4 Å². The molecule has 1 heteroatoms. The largest absolute Gasteiger partial charge is 0.330 e. The highest BCUT2D eigenvalue weighted by molar-refractivity contribution is 4.86. The maximum absolute atomic E-state index is 5.64. The molecule has 2 unspecified atom stereocenters. The van der Waals surface area contributed by atoms with Crippen molar-refractivity contribution in [2.24, 2.45) is 17.6 Å². The fourth-order valence-corrected chi connectivity index (χ4v) is 2.85. The molecule has 0 amide bonds. The summed E-state index contributed by atoms with van der Waals surface area (Å²) in [7, 11) is 0. The van der Waals surface area contributed by atoms with E-state index >= 15 is 0 Å². The summed E-state index contributed by atoms with van der Waals surface area (Å²) < 4.78 is 0. The molecule has 1 fully saturated rings. The van der Waals surface area contributed by atoms with Crippen LogP contribution in [0, 0.1) is 11.8 Å². The van der Waals surface area contributed by atoms with E-state index in [9.17, 15) is 0 Å². The van der Waals surface area contributed by atoms with Gasteiger partial charge in [0.1, 0.15) is 0 Å². The van der Waals surface area contributed by atoms with Crippen LogP contribution in [-0.4, -0.2) is 6.54 Å². The maximum Gasteiger partial charge on any atom is -0.00461 e. The van der Waals surface area contributed by atoms with E-state index in [1.54, 1.807) is 0 Å². The van der Waals surface area contributed by atoms with Crippen LogP contribution in [0.25, 0.3) is 0 Å². The average Bonchev–Trinajstić information content (AvgIpc) is 3.10. The lowest BCUT2D eigenvalue weighted by Gasteiger charge is -2.02. The molecular formula is C16H33N. The molecule has 0 aromatic carbocycles. The smallest absolute Gasteiger partial charge is 0.00461 e. The molecule has 1 rings (SSSR count). The molecule has 102 valence electrons. The first-order valence-electron chi connectivity index (χ1n) is 8.08. The topological polar surface area (TPSA) is 26.0 Å². The second-order valence-electron chi connectivity index (χ2n) is 5.96. The van der Waals surface area contributed by atoms with Gasteiger partial charge < -0.3 is 5.73 Å². The Hall–Kier alpha value is -0.0400. The molecule has 1 aliphatic rings. The van der Waals surface area contributed by atoms with Gasteiger partial charge in [0.05, 0.1) is 0 Å². The molecule has 0 bridgehead atoms. The van der Waals surface area contributed by atoms with Gasteiger partial charge in [0, 0.05) is 0 Å². The van der Waals surface area contributed by atoms with Crippen molar-refractivity contribution in [1.82, 2.24) is 0 Å². The molecule has 0 aromatic rings. The Morgan fingerprint density at radius 2 is 1.29 bits per heavy atom. The third-order valence-corrected chi connectivity index (χ3v) is 4.30. The molecule has 17 heavy (non-hydrogen) atoms. The lowest BCUT2D eigenvalue weighted by molar-refractivity contribution is 0.531. The molecule has 0 heterocycles. The summed E-state index contributed by atoms with van der Waals surface area (Å²) in [6.45, 7) is 3.22. The lowest BCUT2D eigenvalue weighted by Crippen LogP contribution is -2.02. The summed E-state index contributed by atoms with van der Waals surface area (Å²) in [5.41, 5.74) is 5.64. The van der Waals surface area contributed by atoms with Gasteiger partial charge in [0.25, 0.3) is 0 Å². The highest BCUT2D eigenvalue weighted by Crippen LogP contribution is 2.41. The number of rotatable bonds is 12. The molecule has 0 saturated heterocycles. The van der Waals surface area contributed by atoms with Crippen molar-refractivity contribution in [2.45, 2.75) is 84.0 Å².